The number of nitrogens with one attached hydrogen (secondary N) is 1. The molecule has 0 bridgehead atoms. The number of halogens is 1. The predicted molar refractivity (Wildman–Crippen MR) is 98.9 cm³/mol. The molecule has 0 fully saturated rings. The molecule has 0 radical (unpaired) electrons. The van der Waals surface area contributed by atoms with E-state index in [2.05, 4.69) is 27.9 Å². The minimum absolute atomic E-state index is 0.340. The van der Waals surface area contributed by atoms with E-state index >= 15 is 0 Å². The van der Waals surface area contributed by atoms with Crippen molar-refractivity contribution < 1.29 is 14.4 Å². The van der Waals surface area contributed by atoms with Crippen LogP contribution in [0.1, 0.15) is 33.2 Å². The average molecular weight is 434 g/mol. The SMILES string of the molecule is Cc1cc(I)ccc1NC(=O)[C@H](C)N1C(=O)c2ccccc2C1=O. The molecule has 1 aliphatic heterocycles. The summed E-state index contributed by atoms with van der Waals surface area (Å²) >= 11 is 2.20. The number of rotatable bonds is 3. The van der Waals surface area contributed by atoms with Crippen molar-refractivity contribution in [1.29, 1.82) is 0 Å². The van der Waals surface area contributed by atoms with Gasteiger partial charge in [0.05, 0.1) is 11.1 Å². The maximum absolute atomic E-state index is 12.5. The Kier molecular flexibility index (Phi) is 4.40. The second-order valence-electron chi connectivity index (χ2n) is 5.65. The molecule has 0 saturated heterocycles. The molecular weight excluding hydrogens is 419 g/mol. The predicted octanol–water partition coefficient (Wildman–Crippen LogP) is 3.22. The summed E-state index contributed by atoms with van der Waals surface area (Å²) in [5.74, 6) is -1.26. The number of nitrogens with zero attached hydrogens (tertiary/aromatic N) is 1. The Bertz CT molecular complexity index is 828. The van der Waals surface area contributed by atoms with Gasteiger partial charge >= 0.3 is 0 Å². The van der Waals surface area contributed by atoms with Gasteiger partial charge in [-0.1, -0.05) is 12.1 Å². The van der Waals surface area contributed by atoms with Gasteiger partial charge in [0.25, 0.3) is 11.8 Å². The third kappa shape index (κ3) is 2.82. The number of imide groups is 1. The van der Waals surface area contributed by atoms with Crippen LogP contribution in [0.5, 0.6) is 0 Å². The fraction of sp³-hybridized carbons (Fsp3) is 0.167. The van der Waals surface area contributed by atoms with Crippen LogP contribution in [-0.2, 0) is 4.79 Å². The minimum atomic E-state index is -0.893. The van der Waals surface area contributed by atoms with E-state index < -0.39 is 23.8 Å². The van der Waals surface area contributed by atoms with Crippen LogP contribution in [0.15, 0.2) is 42.5 Å². The van der Waals surface area contributed by atoms with Gasteiger partial charge in [-0.05, 0) is 72.3 Å². The van der Waals surface area contributed by atoms with E-state index in [0.29, 0.717) is 16.8 Å². The first kappa shape index (κ1) is 16.6. The van der Waals surface area contributed by atoms with Gasteiger partial charge in [-0.2, -0.15) is 0 Å². The number of hydrogen-bond donors (Lipinski definition) is 1. The van der Waals surface area contributed by atoms with Gasteiger partial charge < -0.3 is 5.32 Å². The second kappa shape index (κ2) is 6.35. The lowest BCUT2D eigenvalue weighted by atomic mass is 10.1. The Hall–Kier alpha value is -2.22. The van der Waals surface area contributed by atoms with E-state index in [9.17, 15) is 14.4 Å². The van der Waals surface area contributed by atoms with Gasteiger partial charge in [-0.3, -0.25) is 19.3 Å². The van der Waals surface area contributed by atoms with Crippen molar-refractivity contribution >= 4 is 46.0 Å². The van der Waals surface area contributed by atoms with Crippen LogP contribution in [0.4, 0.5) is 5.69 Å². The minimum Gasteiger partial charge on any atom is -0.324 e. The fourth-order valence-corrected chi connectivity index (χ4v) is 3.33. The van der Waals surface area contributed by atoms with Crippen molar-refractivity contribution in [1.82, 2.24) is 4.90 Å². The third-order valence-electron chi connectivity index (χ3n) is 4.04. The Balaban J connectivity index is 1.82. The summed E-state index contributed by atoms with van der Waals surface area (Å²) in [6.07, 6.45) is 0. The van der Waals surface area contributed by atoms with E-state index in [-0.39, 0.29) is 0 Å². The highest BCUT2D eigenvalue weighted by Gasteiger charge is 2.40. The molecule has 1 atom stereocenters. The Labute approximate surface area is 153 Å². The molecule has 0 aliphatic carbocycles. The number of carbonyl (C=O) groups excluding carboxylic acids is 3. The van der Waals surface area contributed by atoms with Crippen LogP contribution in [-0.4, -0.2) is 28.7 Å². The molecule has 1 N–H and O–H groups in total. The van der Waals surface area contributed by atoms with Crippen molar-refractivity contribution in [3.8, 4) is 0 Å². The molecule has 0 spiro atoms. The zero-order valence-corrected chi connectivity index (χ0v) is 15.3. The summed E-state index contributed by atoms with van der Waals surface area (Å²) < 4.78 is 1.07. The Morgan fingerprint density at radius 1 is 1.08 bits per heavy atom. The normalized spacial score (nSPS) is 14.5. The molecule has 122 valence electrons. The number of fused-ring (bicyclic) bond motifs is 1. The van der Waals surface area contributed by atoms with Gasteiger partial charge in [0, 0.05) is 9.26 Å². The summed E-state index contributed by atoms with van der Waals surface area (Å²) in [4.78, 5) is 38.4. The van der Waals surface area contributed by atoms with Crippen LogP contribution in [0.3, 0.4) is 0 Å². The maximum Gasteiger partial charge on any atom is 0.262 e. The van der Waals surface area contributed by atoms with Gasteiger partial charge in [-0.25, -0.2) is 0 Å². The first-order chi connectivity index (χ1) is 11.4. The summed E-state index contributed by atoms with van der Waals surface area (Å²) in [7, 11) is 0. The van der Waals surface area contributed by atoms with Crippen LogP contribution in [0, 0.1) is 10.5 Å². The molecule has 1 aliphatic rings. The number of anilines is 1. The highest BCUT2D eigenvalue weighted by molar-refractivity contribution is 14.1. The lowest BCUT2D eigenvalue weighted by Crippen LogP contribution is -2.45. The second-order valence-corrected chi connectivity index (χ2v) is 6.90. The molecular formula is C18H15IN2O3. The molecule has 2 aromatic rings. The molecule has 0 aromatic heterocycles. The maximum atomic E-state index is 12.5. The molecule has 2 aromatic carbocycles. The zero-order valence-electron chi connectivity index (χ0n) is 13.2. The molecule has 24 heavy (non-hydrogen) atoms. The van der Waals surface area contributed by atoms with Gasteiger partial charge in [0.15, 0.2) is 0 Å². The summed E-state index contributed by atoms with van der Waals surface area (Å²) in [5.41, 5.74) is 2.27. The largest absolute Gasteiger partial charge is 0.324 e. The number of carbonyl (C=O) groups is 3. The number of amides is 3. The fourth-order valence-electron chi connectivity index (χ4n) is 2.68. The highest BCUT2D eigenvalue weighted by Crippen LogP contribution is 2.25. The molecule has 6 heteroatoms. The monoisotopic (exact) mass is 434 g/mol. The number of aryl methyl sites for hydroxylation is 1. The molecule has 0 saturated carbocycles. The topological polar surface area (TPSA) is 66.5 Å². The van der Waals surface area contributed by atoms with Gasteiger partial charge in [0.2, 0.25) is 5.91 Å². The van der Waals surface area contributed by atoms with Crippen LogP contribution >= 0.6 is 22.6 Å². The first-order valence-electron chi connectivity index (χ1n) is 7.44. The molecule has 3 rings (SSSR count). The average Bonchev–Trinajstić information content (AvgIpc) is 2.81. The van der Waals surface area contributed by atoms with Crippen molar-refractivity contribution in [2.75, 3.05) is 5.32 Å². The van der Waals surface area contributed by atoms with Gasteiger partial charge in [0.1, 0.15) is 6.04 Å². The third-order valence-corrected chi connectivity index (χ3v) is 4.71. The van der Waals surface area contributed by atoms with Crippen LogP contribution in [0.25, 0.3) is 0 Å². The first-order valence-corrected chi connectivity index (χ1v) is 8.52. The van der Waals surface area contributed by atoms with Crippen molar-refractivity contribution in [3.63, 3.8) is 0 Å². The van der Waals surface area contributed by atoms with E-state index in [1.54, 1.807) is 31.2 Å². The smallest absolute Gasteiger partial charge is 0.262 e. The van der Waals surface area contributed by atoms with E-state index in [4.69, 9.17) is 0 Å². The van der Waals surface area contributed by atoms with Crippen molar-refractivity contribution in [2.24, 2.45) is 0 Å². The molecule has 5 nitrogen and oxygen atoms in total. The Morgan fingerprint density at radius 2 is 1.67 bits per heavy atom. The van der Waals surface area contributed by atoms with Crippen molar-refractivity contribution in [2.45, 2.75) is 19.9 Å². The van der Waals surface area contributed by atoms with E-state index in [0.717, 1.165) is 14.0 Å². The van der Waals surface area contributed by atoms with Gasteiger partial charge in [-0.15, -0.1) is 0 Å². The summed E-state index contributed by atoms with van der Waals surface area (Å²) in [6.45, 7) is 3.45. The van der Waals surface area contributed by atoms with Crippen LogP contribution in [0.2, 0.25) is 0 Å². The highest BCUT2D eigenvalue weighted by atomic mass is 127. The lowest BCUT2D eigenvalue weighted by molar-refractivity contribution is -0.119. The molecule has 0 unspecified atom stereocenters. The van der Waals surface area contributed by atoms with Crippen molar-refractivity contribution in [3.05, 3.63) is 62.7 Å². The van der Waals surface area contributed by atoms with Crippen LogP contribution < -0.4 is 5.32 Å². The number of hydrogen-bond acceptors (Lipinski definition) is 3. The number of benzene rings is 2. The molecule has 3 amide bonds. The van der Waals surface area contributed by atoms with E-state index in [1.165, 1.54) is 0 Å². The summed E-state index contributed by atoms with van der Waals surface area (Å²) in [6, 6.07) is 11.4. The zero-order chi connectivity index (χ0) is 17.4. The lowest BCUT2D eigenvalue weighted by Gasteiger charge is -2.22. The molecule has 1 heterocycles. The Morgan fingerprint density at radius 3 is 2.21 bits per heavy atom. The quantitative estimate of drug-likeness (QED) is 0.596. The van der Waals surface area contributed by atoms with E-state index in [1.807, 2.05) is 25.1 Å². The summed E-state index contributed by atoms with van der Waals surface area (Å²) in [5, 5.41) is 2.79. The standard InChI is InChI=1S/C18H15IN2O3/c1-10-9-12(19)7-8-15(10)20-16(22)11(2)21-17(23)13-5-3-4-6-14(13)18(21)24/h3-9,11H,1-2H3,(H,20,22)/t11-/m0/s1.